The van der Waals surface area contributed by atoms with Crippen LogP contribution in [-0.2, 0) is 6.54 Å². The SMILES string of the molecule is CCCC(C)NCc1ccc(OC(F)(F)F)cc1. The Bertz CT molecular complexity index is 348. The average molecular weight is 261 g/mol. The summed E-state index contributed by atoms with van der Waals surface area (Å²) in [6.07, 6.45) is -2.45. The van der Waals surface area contributed by atoms with Crippen LogP contribution < -0.4 is 10.1 Å². The van der Waals surface area contributed by atoms with Crippen molar-refractivity contribution in [3.05, 3.63) is 29.8 Å². The van der Waals surface area contributed by atoms with Gasteiger partial charge in [0, 0.05) is 12.6 Å². The summed E-state index contributed by atoms with van der Waals surface area (Å²) in [6.45, 7) is 4.85. The van der Waals surface area contributed by atoms with Crippen molar-refractivity contribution in [1.29, 1.82) is 0 Å². The lowest BCUT2D eigenvalue weighted by Crippen LogP contribution is -2.25. The highest BCUT2D eigenvalue weighted by Gasteiger charge is 2.30. The molecule has 1 aromatic carbocycles. The van der Waals surface area contributed by atoms with E-state index in [1.54, 1.807) is 12.1 Å². The lowest BCUT2D eigenvalue weighted by Gasteiger charge is -2.13. The van der Waals surface area contributed by atoms with E-state index in [0.717, 1.165) is 18.4 Å². The zero-order chi connectivity index (χ0) is 13.6. The van der Waals surface area contributed by atoms with Crippen LogP contribution in [0.2, 0.25) is 0 Å². The predicted octanol–water partition coefficient (Wildman–Crippen LogP) is 3.86. The smallest absolute Gasteiger partial charge is 0.406 e. The summed E-state index contributed by atoms with van der Waals surface area (Å²) < 4.78 is 39.6. The molecule has 0 spiro atoms. The van der Waals surface area contributed by atoms with E-state index in [9.17, 15) is 13.2 Å². The summed E-state index contributed by atoms with van der Waals surface area (Å²) >= 11 is 0. The maximum atomic E-state index is 11.9. The maximum absolute atomic E-state index is 11.9. The average Bonchev–Trinajstić information content (AvgIpc) is 2.26. The number of benzene rings is 1. The minimum atomic E-state index is -4.63. The van der Waals surface area contributed by atoms with Gasteiger partial charge in [-0.2, -0.15) is 0 Å². The fourth-order valence-electron chi connectivity index (χ4n) is 1.64. The van der Waals surface area contributed by atoms with Gasteiger partial charge in [0.15, 0.2) is 0 Å². The second kappa shape index (κ2) is 6.64. The van der Waals surface area contributed by atoms with E-state index in [2.05, 4.69) is 23.9 Å². The second-order valence-electron chi connectivity index (χ2n) is 4.26. The zero-order valence-corrected chi connectivity index (χ0v) is 10.6. The summed E-state index contributed by atoms with van der Waals surface area (Å²) in [5.41, 5.74) is 0.937. The quantitative estimate of drug-likeness (QED) is 0.839. The topological polar surface area (TPSA) is 21.3 Å². The van der Waals surface area contributed by atoms with Crippen LogP contribution in [0.5, 0.6) is 5.75 Å². The van der Waals surface area contributed by atoms with Gasteiger partial charge in [0.25, 0.3) is 0 Å². The van der Waals surface area contributed by atoms with Crippen molar-refractivity contribution in [3.8, 4) is 5.75 Å². The molecule has 1 atom stereocenters. The minimum absolute atomic E-state index is 0.187. The monoisotopic (exact) mass is 261 g/mol. The maximum Gasteiger partial charge on any atom is 0.573 e. The van der Waals surface area contributed by atoms with Crippen molar-refractivity contribution in [2.75, 3.05) is 0 Å². The van der Waals surface area contributed by atoms with Crippen LogP contribution in [0.3, 0.4) is 0 Å². The van der Waals surface area contributed by atoms with Crippen LogP contribution in [0.4, 0.5) is 13.2 Å². The van der Waals surface area contributed by atoms with Crippen molar-refractivity contribution in [2.24, 2.45) is 0 Å². The summed E-state index contributed by atoms with van der Waals surface area (Å²) in [7, 11) is 0. The number of nitrogens with one attached hydrogen (secondary N) is 1. The van der Waals surface area contributed by atoms with Gasteiger partial charge >= 0.3 is 6.36 Å². The Labute approximate surface area is 105 Å². The molecule has 5 heteroatoms. The molecule has 0 fully saturated rings. The summed E-state index contributed by atoms with van der Waals surface area (Å²) in [6, 6.07) is 6.32. The van der Waals surface area contributed by atoms with Crippen LogP contribution in [0.15, 0.2) is 24.3 Å². The predicted molar refractivity (Wildman–Crippen MR) is 64.3 cm³/mol. The summed E-state index contributed by atoms with van der Waals surface area (Å²) in [4.78, 5) is 0. The first-order valence-electron chi connectivity index (χ1n) is 5.99. The molecule has 0 radical (unpaired) electrons. The second-order valence-corrected chi connectivity index (χ2v) is 4.26. The highest BCUT2D eigenvalue weighted by Crippen LogP contribution is 2.22. The Morgan fingerprint density at radius 3 is 2.33 bits per heavy atom. The highest BCUT2D eigenvalue weighted by atomic mass is 19.4. The molecule has 0 aromatic heterocycles. The molecule has 0 saturated carbocycles. The molecule has 1 N–H and O–H groups in total. The summed E-state index contributed by atoms with van der Waals surface area (Å²) in [5.74, 6) is -0.187. The molecule has 0 aliphatic rings. The van der Waals surface area contributed by atoms with E-state index < -0.39 is 6.36 Å². The number of hydrogen-bond acceptors (Lipinski definition) is 2. The van der Waals surface area contributed by atoms with Crippen LogP contribution >= 0.6 is 0 Å². The van der Waals surface area contributed by atoms with Gasteiger partial charge in [-0.05, 0) is 31.0 Å². The minimum Gasteiger partial charge on any atom is -0.406 e. The number of halogens is 3. The van der Waals surface area contributed by atoms with Crippen molar-refractivity contribution in [2.45, 2.75) is 45.6 Å². The number of alkyl halides is 3. The standard InChI is InChI=1S/C13H18F3NO/c1-3-4-10(2)17-9-11-5-7-12(8-6-11)18-13(14,15)16/h5-8,10,17H,3-4,9H2,1-2H3. The van der Waals surface area contributed by atoms with Gasteiger partial charge < -0.3 is 10.1 Å². The third-order valence-corrected chi connectivity index (χ3v) is 2.53. The van der Waals surface area contributed by atoms with Crippen LogP contribution in [0.1, 0.15) is 32.3 Å². The van der Waals surface area contributed by atoms with Crippen molar-refractivity contribution in [3.63, 3.8) is 0 Å². The molecular weight excluding hydrogens is 243 g/mol. The van der Waals surface area contributed by atoms with Crippen molar-refractivity contribution in [1.82, 2.24) is 5.32 Å². The molecule has 0 aliphatic heterocycles. The summed E-state index contributed by atoms with van der Waals surface area (Å²) in [5, 5.41) is 3.30. The highest BCUT2D eigenvalue weighted by molar-refractivity contribution is 5.27. The molecule has 0 saturated heterocycles. The molecule has 1 rings (SSSR count). The molecule has 0 amide bonds. The number of ether oxygens (including phenoxy) is 1. The van der Waals surface area contributed by atoms with Gasteiger partial charge in [0.1, 0.15) is 5.75 Å². The molecule has 18 heavy (non-hydrogen) atoms. The molecule has 102 valence electrons. The van der Waals surface area contributed by atoms with Gasteiger partial charge in [-0.3, -0.25) is 0 Å². The molecule has 0 aliphatic carbocycles. The van der Waals surface area contributed by atoms with Crippen LogP contribution in [-0.4, -0.2) is 12.4 Å². The third kappa shape index (κ3) is 5.91. The molecular formula is C13H18F3NO. The first kappa shape index (κ1) is 14.8. The zero-order valence-electron chi connectivity index (χ0n) is 10.6. The van der Waals surface area contributed by atoms with Crippen molar-refractivity contribution < 1.29 is 17.9 Å². The fourth-order valence-corrected chi connectivity index (χ4v) is 1.64. The van der Waals surface area contributed by atoms with E-state index in [0.29, 0.717) is 12.6 Å². The molecule has 0 bridgehead atoms. The van der Waals surface area contributed by atoms with Gasteiger partial charge in [0.05, 0.1) is 0 Å². The van der Waals surface area contributed by atoms with Gasteiger partial charge in [-0.1, -0.05) is 25.5 Å². The Kier molecular flexibility index (Phi) is 5.47. The largest absolute Gasteiger partial charge is 0.573 e. The Morgan fingerprint density at radius 1 is 1.22 bits per heavy atom. The first-order valence-corrected chi connectivity index (χ1v) is 5.99. The molecule has 2 nitrogen and oxygen atoms in total. The lowest BCUT2D eigenvalue weighted by atomic mass is 10.1. The Balaban J connectivity index is 2.45. The number of rotatable bonds is 6. The van der Waals surface area contributed by atoms with E-state index in [1.807, 2.05) is 0 Å². The van der Waals surface area contributed by atoms with E-state index in [-0.39, 0.29) is 5.75 Å². The van der Waals surface area contributed by atoms with Gasteiger partial charge in [-0.25, -0.2) is 0 Å². The van der Waals surface area contributed by atoms with Crippen LogP contribution in [0.25, 0.3) is 0 Å². The normalized spacial score (nSPS) is 13.4. The number of hydrogen-bond donors (Lipinski definition) is 1. The van der Waals surface area contributed by atoms with Crippen molar-refractivity contribution >= 4 is 0 Å². The third-order valence-electron chi connectivity index (χ3n) is 2.53. The van der Waals surface area contributed by atoms with Gasteiger partial charge in [-0.15, -0.1) is 13.2 Å². The Hall–Kier alpha value is -1.23. The van der Waals surface area contributed by atoms with Gasteiger partial charge in [0.2, 0.25) is 0 Å². The van der Waals surface area contributed by atoms with E-state index >= 15 is 0 Å². The lowest BCUT2D eigenvalue weighted by molar-refractivity contribution is -0.274. The Morgan fingerprint density at radius 2 is 1.83 bits per heavy atom. The fraction of sp³-hybridized carbons (Fsp3) is 0.538. The van der Waals surface area contributed by atoms with E-state index in [4.69, 9.17) is 0 Å². The first-order chi connectivity index (χ1) is 8.40. The molecule has 1 aromatic rings. The molecule has 0 heterocycles. The molecule has 1 unspecified atom stereocenters. The van der Waals surface area contributed by atoms with E-state index in [1.165, 1.54) is 12.1 Å². The van der Waals surface area contributed by atoms with Crippen LogP contribution in [0, 0.1) is 0 Å².